The van der Waals surface area contributed by atoms with Gasteiger partial charge in [-0.1, -0.05) is 6.92 Å². The molecule has 1 aliphatic heterocycles. The number of ether oxygens (including phenoxy) is 1. The summed E-state index contributed by atoms with van der Waals surface area (Å²) in [5, 5.41) is 0. The van der Waals surface area contributed by atoms with Crippen LogP contribution in [0, 0.1) is 23.2 Å². The number of imide groups is 1. The second-order valence-corrected chi connectivity index (χ2v) is 11.0. The summed E-state index contributed by atoms with van der Waals surface area (Å²) in [6.45, 7) is 4.77. The Kier molecular flexibility index (Phi) is 5.96. The maximum Gasteiger partial charge on any atom is 0.257 e. The van der Waals surface area contributed by atoms with Crippen molar-refractivity contribution in [3.8, 4) is 5.75 Å². The highest BCUT2D eigenvalue weighted by Gasteiger charge is 2.51. The molecule has 5 aliphatic rings. The minimum absolute atomic E-state index is 0.0629. The van der Waals surface area contributed by atoms with Crippen LogP contribution in [-0.4, -0.2) is 41.8 Å². The van der Waals surface area contributed by atoms with E-state index in [9.17, 15) is 14.4 Å². The Morgan fingerprint density at radius 1 is 1.06 bits per heavy atom. The summed E-state index contributed by atoms with van der Waals surface area (Å²) in [6.07, 6.45) is 9.94. The first-order chi connectivity index (χ1) is 15.9. The Bertz CT molecular complexity index is 889. The second kappa shape index (κ2) is 8.77. The molecule has 1 aromatic rings. The van der Waals surface area contributed by atoms with E-state index in [-0.39, 0.29) is 24.1 Å². The van der Waals surface area contributed by atoms with Crippen LogP contribution in [-0.2, 0) is 14.4 Å². The highest BCUT2D eigenvalue weighted by Crippen LogP contribution is 2.61. The second-order valence-electron chi connectivity index (χ2n) is 11.0. The molecular weight excluding hydrogens is 416 g/mol. The van der Waals surface area contributed by atoms with Crippen molar-refractivity contribution in [2.24, 2.45) is 23.2 Å². The normalized spacial score (nSPS) is 32.5. The van der Waals surface area contributed by atoms with E-state index < -0.39 is 6.04 Å². The lowest BCUT2D eigenvalue weighted by atomic mass is 9.49. The summed E-state index contributed by atoms with van der Waals surface area (Å²) >= 11 is 0. The Hall–Kier alpha value is -2.37. The van der Waals surface area contributed by atoms with E-state index in [4.69, 9.17) is 4.74 Å². The number of hydrogen-bond donors (Lipinski definition) is 0. The summed E-state index contributed by atoms with van der Waals surface area (Å²) < 4.78 is 5.61. The lowest BCUT2D eigenvalue weighted by molar-refractivity contribution is -0.138. The van der Waals surface area contributed by atoms with E-state index in [0.717, 1.165) is 36.3 Å². The molecule has 0 N–H and O–H groups in total. The average Bonchev–Trinajstić information content (AvgIpc) is 3.05. The van der Waals surface area contributed by atoms with Gasteiger partial charge in [0.15, 0.2) is 0 Å². The molecular formula is C27H36N2O4. The van der Waals surface area contributed by atoms with Gasteiger partial charge < -0.3 is 9.64 Å². The first-order valence-electron chi connectivity index (χ1n) is 12.7. The van der Waals surface area contributed by atoms with Crippen molar-refractivity contribution in [3.63, 3.8) is 0 Å². The zero-order valence-electron chi connectivity index (χ0n) is 19.9. The predicted octanol–water partition coefficient (Wildman–Crippen LogP) is 4.56. The van der Waals surface area contributed by atoms with Crippen molar-refractivity contribution in [1.82, 2.24) is 4.90 Å². The van der Waals surface area contributed by atoms with E-state index in [1.165, 1.54) is 50.3 Å². The quantitative estimate of drug-likeness (QED) is 0.542. The van der Waals surface area contributed by atoms with E-state index >= 15 is 0 Å². The third-order valence-electron chi connectivity index (χ3n) is 8.52. The number of carbonyl (C=O) groups excluding carboxylic acids is 3. The van der Waals surface area contributed by atoms with Crippen LogP contribution in [0.4, 0.5) is 5.69 Å². The lowest BCUT2D eigenvalue weighted by Crippen LogP contribution is -2.50. The Balaban J connectivity index is 1.27. The molecule has 5 fully saturated rings. The summed E-state index contributed by atoms with van der Waals surface area (Å²) in [6, 6.07) is 6.37. The average molecular weight is 453 g/mol. The van der Waals surface area contributed by atoms with Gasteiger partial charge in [0.25, 0.3) is 5.91 Å². The smallest absolute Gasteiger partial charge is 0.257 e. The van der Waals surface area contributed by atoms with Crippen LogP contribution in [0.5, 0.6) is 5.75 Å². The lowest BCUT2D eigenvalue weighted by Gasteiger charge is -2.57. The van der Waals surface area contributed by atoms with Crippen LogP contribution in [0.15, 0.2) is 24.3 Å². The fraction of sp³-hybridized carbons (Fsp3) is 0.667. The Morgan fingerprint density at radius 3 is 2.21 bits per heavy atom. The summed E-state index contributed by atoms with van der Waals surface area (Å²) in [7, 11) is 0. The minimum atomic E-state index is -0.695. The van der Waals surface area contributed by atoms with Crippen LogP contribution in [0.25, 0.3) is 0 Å². The van der Waals surface area contributed by atoms with E-state index in [1.54, 1.807) is 29.2 Å². The first-order valence-corrected chi connectivity index (χ1v) is 12.7. The number of hydrogen-bond acceptors (Lipinski definition) is 4. The van der Waals surface area contributed by atoms with Gasteiger partial charge in [0.1, 0.15) is 11.8 Å². The molecule has 6 nitrogen and oxygen atoms in total. The fourth-order valence-electron chi connectivity index (χ4n) is 7.53. The van der Waals surface area contributed by atoms with E-state index in [1.807, 2.05) is 6.92 Å². The minimum Gasteiger partial charge on any atom is -0.494 e. The number of benzene rings is 1. The summed E-state index contributed by atoms with van der Waals surface area (Å²) in [5.41, 5.74) is 0.878. The maximum atomic E-state index is 13.3. The molecule has 3 amide bonds. The Labute approximate surface area is 196 Å². The Morgan fingerprint density at radius 2 is 1.67 bits per heavy atom. The number of carbonyl (C=O) groups is 3. The van der Waals surface area contributed by atoms with E-state index in [0.29, 0.717) is 24.3 Å². The molecule has 6 heteroatoms. The van der Waals surface area contributed by atoms with Crippen molar-refractivity contribution in [2.45, 2.75) is 77.7 Å². The fourth-order valence-corrected chi connectivity index (χ4v) is 7.53. The topological polar surface area (TPSA) is 66.9 Å². The van der Waals surface area contributed by atoms with Crippen molar-refractivity contribution in [3.05, 3.63) is 24.3 Å². The largest absolute Gasteiger partial charge is 0.494 e. The monoisotopic (exact) mass is 452 g/mol. The van der Waals surface area contributed by atoms with E-state index in [2.05, 4.69) is 0 Å². The molecule has 1 atom stereocenters. The third kappa shape index (κ3) is 4.29. The summed E-state index contributed by atoms with van der Waals surface area (Å²) in [5.74, 6) is 2.65. The van der Waals surface area contributed by atoms with Crippen LogP contribution >= 0.6 is 0 Å². The molecule has 1 heterocycles. The van der Waals surface area contributed by atoms with Gasteiger partial charge >= 0.3 is 0 Å². The molecule has 4 aliphatic carbocycles. The molecule has 1 saturated heterocycles. The van der Waals surface area contributed by atoms with Crippen LogP contribution < -0.4 is 9.64 Å². The van der Waals surface area contributed by atoms with Crippen LogP contribution in [0.3, 0.4) is 0 Å². The zero-order chi connectivity index (χ0) is 23.2. The third-order valence-corrected chi connectivity index (χ3v) is 8.52. The number of rotatable bonds is 8. The highest BCUT2D eigenvalue weighted by atomic mass is 16.5. The molecule has 6 rings (SSSR count). The molecule has 4 saturated carbocycles. The van der Waals surface area contributed by atoms with Gasteiger partial charge in [-0.25, -0.2) is 4.90 Å². The van der Waals surface area contributed by atoms with Crippen LogP contribution in [0.1, 0.15) is 71.6 Å². The molecule has 1 aromatic carbocycles. The molecule has 0 spiro atoms. The molecule has 0 unspecified atom stereocenters. The number of nitrogens with zero attached hydrogens (tertiary/aromatic N) is 2. The highest BCUT2D eigenvalue weighted by molar-refractivity contribution is 6.23. The van der Waals surface area contributed by atoms with Crippen molar-refractivity contribution >= 4 is 23.4 Å². The van der Waals surface area contributed by atoms with Gasteiger partial charge in [-0.3, -0.25) is 14.4 Å². The van der Waals surface area contributed by atoms with Crippen molar-refractivity contribution < 1.29 is 19.1 Å². The van der Waals surface area contributed by atoms with Gasteiger partial charge in [-0.15, -0.1) is 0 Å². The molecule has 4 bridgehead atoms. The van der Waals surface area contributed by atoms with Gasteiger partial charge in [0.05, 0.1) is 18.7 Å². The van der Waals surface area contributed by atoms with Crippen molar-refractivity contribution in [1.29, 1.82) is 0 Å². The maximum absolute atomic E-state index is 13.3. The standard InChI is InChI=1S/C27H36N2O4/c1-3-10-33-23-6-4-22(5-7-23)29-25(31)14-24(26(29)32)28(18(2)30)9-8-27-15-19-11-20(16-27)13-21(12-19)17-27/h4-7,19-21,24H,3,8-17H2,1-2H3/t19?,20?,21?,24-,27?/m0/s1. The molecule has 33 heavy (non-hydrogen) atoms. The first kappa shape index (κ1) is 22.4. The predicted molar refractivity (Wildman–Crippen MR) is 126 cm³/mol. The van der Waals surface area contributed by atoms with Crippen LogP contribution in [0.2, 0.25) is 0 Å². The molecule has 178 valence electrons. The zero-order valence-corrected chi connectivity index (χ0v) is 19.9. The molecule has 0 aromatic heterocycles. The van der Waals surface area contributed by atoms with Gasteiger partial charge in [-0.2, -0.15) is 0 Å². The van der Waals surface area contributed by atoms with Crippen molar-refractivity contribution in [2.75, 3.05) is 18.1 Å². The SMILES string of the molecule is CCCOc1ccc(N2C(=O)C[C@H](N(CCC34CC5CC(CC(C5)C3)C4)C(C)=O)C2=O)cc1. The van der Waals surface area contributed by atoms with Gasteiger partial charge in [0.2, 0.25) is 11.8 Å². The number of anilines is 1. The summed E-state index contributed by atoms with van der Waals surface area (Å²) in [4.78, 5) is 41.7. The molecule has 0 radical (unpaired) electrons. The van der Waals surface area contributed by atoms with Gasteiger partial charge in [-0.05, 0) is 98.8 Å². The van der Waals surface area contributed by atoms with Gasteiger partial charge in [0, 0.05) is 13.5 Å². The number of amides is 3.